The Morgan fingerprint density at radius 1 is 1.35 bits per heavy atom. The second-order valence-electron chi connectivity index (χ2n) is 5.44. The minimum Gasteiger partial charge on any atom is -0.454 e. The number of nitrogens with zero attached hydrogens (tertiary/aromatic N) is 1. The van der Waals surface area contributed by atoms with Crippen LogP contribution in [0.4, 0.5) is 0 Å². The monoisotopic (exact) mass is 341 g/mol. The molecule has 0 aliphatic carbocycles. The van der Waals surface area contributed by atoms with Crippen molar-refractivity contribution in [3.05, 3.63) is 22.2 Å². The highest BCUT2D eigenvalue weighted by molar-refractivity contribution is 9.10. The molecule has 1 N–H and O–H groups in total. The molecule has 0 radical (unpaired) electrons. The molecule has 4 nitrogen and oxygen atoms in total. The quantitative estimate of drug-likeness (QED) is 0.894. The molecule has 0 bridgehead atoms. The van der Waals surface area contributed by atoms with E-state index in [0.717, 1.165) is 41.9 Å². The number of aliphatic hydroxyl groups excluding tert-OH is 1. The van der Waals surface area contributed by atoms with Crippen molar-refractivity contribution in [3.8, 4) is 11.5 Å². The van der Waals surface area contributed by atoms with E-state index in [0.29, 0.717) is 19.4 Å². The van der Waals surface area contributed by atoms with E-state index in [1.165, 1.54) is 18.4 Å². The summed E-state index contributed by atoms with van der Waals surface area (Å²) < 4.78 is 11.9. The van der Waals surface area contributed by atoms with Gasteiger partial charge in [-0.3, -0.25) is 4.90 Å². The van der Waals surface area contributed by atoms with Gasteiger partial charge in [0.1, 0.15) is 0 Å². The van der Waals surface area contributed by atoms with Gasteiger partial charge >= 0.3 is 0 Å². The van der Waals surface area contributed by atoms with Gasteiger partial charge in [-0.2, -0.15) is 0 Å². The zero-order valence-corrected chi connectivity index (χ0v) is 13.1. The van der Waals surface area contributed by atoms with Crippen LogP contribution >= 0.6 is 15.9 Å². The number of ether oxygens (including phenoxy) is 2. The Bertz CT molecular complexity index is 480. The smallest absolute Gasteiger partial charge is 0.231 e. The van der Waals surface area contributed by atoms with Gasteiger partial charge in [0, 0.05) is 19.2 Å². The Morgan fingerprint density at radius 3 is 3.10 bits per heavy atom. The predicted octanol–water partition coefficient (Wildman–Crippen LogP) is 2.91. The summed E-state index contributed by atoms with van der Waals surface area (Å²) in [6.07, 6.45) is 4.47. The van der Waals surface area contributed by atoms with Gasteiger partial charge in [-0.15, -0.1) is 0 Å². The number of hydrogen-bond acceptors (Lipinski definition) is 4. The minimum absolute atomic E-state index is 0.292. The number of likely N-dealkylation sites (tertiary alicyclic amines) is 1. The molecule has 2 heterocycles. The van der Waals surface area contributed by atoms with E-state index >= 15 is 0 Å². The van der Waals surface area contributed by atoms with Crippen molar-refractivity contribution in [1.29, 1.82) is 0 Å². The summed E-state index contributed by atoms with van der Waals surface area (Å²) in [4.78, 5) is 2.51. The van der Waals surface area contributed by atoms with Gasteiger partial charge in [0.05, 0.1) is 4.47 Å². The summed E-state index contributed by atoms with van der Waals surface area (Å²) >= 11 is 3.55. The lowest BCUT2D eigenvalue weighted by atomic mass is 10.1. The molecule has 1 fully saturated rings. The zero-order chi connectivity index (χ0) is 13.9. The first-order chi connectivity index (χ1) is 9.78. The van der Waals surface area contributed by atoms with Gasteiger partial charge in [0.15, 0.2) is 11.5 Å². The lowest BCUT2D eigenvalue weighted by molar-refractivity contribution is 0.173. The van der Waals surface area contributed by atoms with E-state index in [4.69, 9.17) is 14.6 Å². The maximum Gasteiger partial charge on any atom is 0.231 e. The highest BCUT2D eigenvalue weighted by Crippen LogP contribution is 2.40. The maximum atomic E-state index is 8.99. The van der Waals surface area contributed by atoms with Gasteiger partial charge in [0.25, 0.3) is 0 Å². The van der Waals surface area contributed by atoms with Gasteiger partial charge in [-0.05, 0) is 65.9 Å². The van der Waals surface area contributed by atoms with Gasteiger partial charge in [0.2, 0.25) is 6.79 Å². The van der Waals surface area contributed by atoms with Crippen LogP contribution in [0.1, 0.15) is 31.2 Å². The summed E-state index contributed by atoms with van der Waals surface area (Å²) in [5, 5.41) is 8.99. The van der Waals surface area contributed by atoms with Crippen molar-refractivity contribution in [1.82, 2.24) is 4.90 Å². The molecule has 3 rings (SSSR count). The molecule has 110 valence electrons. The molecule has 0 spiro atoms. The average molecular weight is 342 g/mol. The summed E-state index contributed by atoms with van der Waals surface area (Å²) in [6, 6.07) is 4.80. The Labute approximate surface area is 127 Å². The number of rotatable bonds is 5. The molecule has 1 saturated heterocycles. The molecule has 0 saturated carbocycles. The average Bonchev–Trinajstić information content (AvgIpc) is 3.05. The Morgan fingerprint density at radius 2 is 2.25 bits per heavy atom. The van der Waals surface area contributed by atoms with Crippen LogP contribution in [0.5, 0.6) is 11.5 Å². The molecule has 0 amide bonds. The first kappa shape index (κ1) is 14.2. The van der Waals surface area contributed by atoms with Crippen LogP contribution in [0.2, 0.25) is 0 Å². The molecule has 2 aliphatic heterocycles. The second-order valence-corrected chi connectivity index (χ2v) is 6.30. The summed E-state index contributed by atoms with van der Waals surface area (Å²) in [5.74, 6) is 1.65. The molecule has 2 aliphatic rings. The van der Waals surface area contributed by atoms with Crippen LogP contribution in [-0.4, -0.2) is 36.0 Å². The van der Waals surface area contributed by atoms with Gasteiger partial charge in [-0.1, -0.05) is 0 Å². The van der Waals surface area contributed by atoms with Crippen LogP contribution in [0.3, 0.4) is 0 Å². The van der Waals surface area contributed by atoms with Crippen LogP contribution in [-0.2, 0) is 6.54 Å². The molecule has 1 aromatic rings. The third-order valence-electron chi connectivity index (χ3n) is 4.07. The number of aliphatic hydroxyl groups is 1. The fraction of sp³-hybridized carbons (Fsp3) is 0.600. The Balaban J connectivity index is 1.69. The topological polar surface area (TPSA) is 41.9 Å². The van der Waals surface area contributed by atoms with Gasteiger partial charge < -0.3 is 14.6 Å². The fourth-order valence-corrected chi connectivity index (χ4v) is 3.71. The fourth-order valence-electron chi connectivity index (χ4n) is 3.10. The van der Waals surface area contributed by atoms with Crippen molar-refractivity contribution in [2.75, 3.05) is 19.9 Å². The van der Waals surface area contributed by atoms with Crippen LogP contribution in [0.15, 0.2) is 16.6 Å². The van der Waals surface area contributed by atoms with Gasteiger partial charge in [-0.25, -0.2) is 0 Å². The van der Waals surface area contributed by atoms with Crippen LogP contribution in [0.25, 0.3) is 0 Å². The molecule has 20 heavy (non-hydrogen) atoms. The number of fused-ring (bicyclic) bond motifs is 1. The normalized spacial score (nSPS) is 21.6. The molecular weight excluding hydrogens is 322 g/mol. The zero-order valence-electron chi connectivity index (χ0n) is 11.5. The van der Waals surface area contributed by atoms with E-state index < -0.39 is 0 Å². The summed E-state index contributed by atoms with van der Waals surface area (Å²) in [7, 11) is 0. The third kappa shape index (κ3) is 2.95. The van der Waals surface area contributed by atoms with Crippen molar-refractivity contribution in [2.24, 2.45) is 0 Å². The van der Waals surface area contributed by atoms with E-state index in [2.05, 4.69) is 33.0 Å². The third-order valence-corrected chi connectivity index (χ3v) is 4.66. The Hall–Kier alpha value is -0.780. The number of benzene rings is 1. The molecule has 5 heteroatoms. The standard InChI is InChI=1S/C15H20BrNO3/c16-13-7-11(8-14-15(13)20-10-19-14)9-17-5-1-3-12(17)4-2-6-18/h7-8,12,18H,1-6,9-10H2. The van der Waals surface area contributed by atoms with Crippen LogP contribution in [0, 0.1) is 0 Å². The molecule has 1 unspecified atom stereocenters. The highest BCUT2D eigenvalue weighted by Gasteiger charge is 2.25. The van der Waals surface area contributed by atoms with Crippen molar-refractivity contribution >= 4 is 15.9 Å². The minimum atomic E-state index is 0.292. The van der Waals surface area contributed by atoms with Crippen LogP contribution < -0.4 is 9.47 Å². The highest BCUT2D eigenvalue weighted by atomic mass is 79.9. The number of halogens is 1. The first-order valence-electron chi connectivity index (χ1n) is 7.21. The largest absolute Gasteiger partial charge is 0.454 e. The van der Waals surface area contributed by atoms with E-state index in [1.807, 2.05) is 0 Å². The first-order valence-corrected chi connectivity index (χ1v) is 8.00. The predicted molar refractivity (Wildman–Crippen MR) is 80.0 cm³/mol. The summed E-state index contributed by atoms with van der Waals surface area (Å²) in [6.45, 7) is 2.67. The van der Waals surface area contributed by atoms with Crippen molar-refractivity contribution in [3.63, 3.8) is 0 Å². The SMILES string of the molecule is OCCCC1CCCN1Cc1cc(Br)c2c(c1)OCO2. The lowest BCUT2D eigenvalue weighted by Gasteiger charge is -2.24. The van der Waals surface area contributed by atoms with Crippen molar-refractivity contribution in [2.45, 2.75) is 38.3 Å². The summed E-state index contributed by atoms with van der Waals surface area (Å²) in [5.41, 5.74) is 1.25. The molecule has 1 aromatic carbocycles. The lowest BCUT2D eigenvalue weighted by Crippen LogP contribution is -2.29. The van der Waals surface area contributed by atoms with E-state index in [1.54, 1.807) is 0 Å². The number of hydrogen-bond donors (Lipinski definition) is 1. The maximum absolute atomic E-state index is 8.99. The van der Waals surface area contributed by atoms with E-state index in [9.17, 15) is 0 Å². The van der Waals surface area contributed by atoms with Crippen molar-refractivity contribution < 1.29 is 14.6 Å². The molecule has 0 aromatic heterocycles. The second kappa shape index (κ2) is 6.33. The Kier molecular flexibility index (Phi) is 4.48. The van der Waals surface area contributed by atoms with E-state index in [-0.39, 0.29) is 0 Å². The molecular formula is C15H20BrNO3. The molecule has 1 atom stereocenters.